The Labute approximate surface area is 174 Å². The lowest BCUT2D eigenvalue weighted by Crippen LogP contribution is -2.40. The zero-order valence-electron chi connectivity index (χ0n) is 16.7. The Kier molecular flexibility index (Phi) is 7.28. The summed E-state index contributed by atoms with van der Waals surface area (Å²) in [6.45, 7) is 5.36. The molecule has 0 saturated carbocycles. The van der Waals surface area contributed by atoms with E-state index in [0.29, 0.717) is 11.3 Å². The Morgan fingerprint density at radius 1 is 1.21 bits per heavy atom. The number of carbonyl (C=O) groups excluding carboxylic acids is 1. The summed E-state index contributed by atoms with van der Waals surface area (Å²) in [5.74, 6) is 0.549. The minimum Gasteiger partial charge on any atom is -0.490 e. The summed E-state index contributed by atoms with van der Waals surface area (Å²) in [4.78, 5) is 28.8. The van der Waals surface area contributed by atoms with Gasteiger partial charge in [-0.3, -0.25) is 10.1 Å². The van der Waals surface area contributed by atoms with Crippen molar-refractivity contribution >= 4 is 23.4 Å². The molecule has 2 aromatic carbocycles. The Morgan fingerprint density at radius 2 is 1.86 bits per heavy atom. The third-order valence-corrected chi connectivity index (χ3v) is 4.04. The van der Waals surface area contributed by atoms with Crippen LogP contribution >= 0.6 is 11.6 Å². The van der Waals surface area contributed by atoms with Crippen molar-refractivity contribution in [3.63, 3.8) is 0 Å². The summed E-state index contributed by atoms with van der Waals surface area (Å²) in [5.41, 5.74) is -0.367. The standard InChI is InChI=1S/C20H23ClN2O6/c1-20(2,3)28-19(24)22(29-15-8-6-5-7-9-15)11-10-14-12-18(27-4)17(23(25)26)13-16(14)21/h5-9,12-13H,10-11H2,1-4H3. The zero-order valence-corrected chi connectivity index (χ0v) is 17.4. The first-order valence-electron chi connectivity index (χ1n) is 8.85. The van der Waals surface area contributed by atoms with E-state index in [2.05, 4.69) is 0 Å². The van der Waals surface area contributed by atoms with E-state index in [1.165, 1.54) is 19.2 Å². The Hall–Kier alpha value is -3.00. The van der Waals surface area contributed by atoms with Crippen LogP contribution < -0.4 is 9.57 Å². The molecule has 0 aliphatic carbocycles. The van der Waals surface area contributed by atoms with Crippen LogP contribution in [0.4, 0.5) is 10.5 Å². The van der Waals surface area contributed by atoms with Crippen LogP contribution in [0.1, 0.15) is 26.3 Å². The molecule has 0 spiro atoms. The average molecular weight is 423 g/mol. The van der Waals surface area contributed by atoms with Crippen LogP contribution in [0.15, 0.2) is 42.5 Å². The Morgan fingerprint density at radius 3 is 2.41 bits per heavy atom. The molecule has 156 valence electrons. The van der Waals surface area contributed by atoms with Crippen LogP contribution in [-0.2, 0) is 11.2 Å². The molecule has 1 amide bonds. The number of rotatable bonds is 7. The molecule has 0 aliphatic rings. The second-order valence-electron chi connectivity index (χ2n) is 7.11. The normalized spacial score (nSPS) is 10.9. The number of nitro benzene ring substituents is 1. The Balaban J connectivity index is 2.22. The summed E-state index contributed by atoms with van der Waals surface area (Å²) in [7, 11) is 1.34. The van der Waals surface area contributed by atoms with E-state index in [4.69, 9.17) is 25.9 Å². The highest BCUT2D eigenvalue weighted by Gasteiger charge is 2.25. The number of amides is 1. The molecule has 0 atom stereocenters. The van der Waals surface area contributed by atoms with Gasteiger partial charge in [-0.25, -0.2) is 4.79 Å². The van der Waals surface area contributed by atoms with Crippen LogP contribution in [-0.4, -0.2) is 35.3 Å². The molecule has 0 radical (unpaired) electrons. The maximum Gasteiger partial charge on any atom is 0.443 e. The predicted molar refractivity (Wildman–Crippen MR) is 108 cm³/mol. The molecule has 0 N–H and O–H groups in total. The van der Waals surface area contributed by atoms with Gasteiger partial charge in [0, 0.05) is 6.07 Å². The summed E-state index contributed by atoms with van der Waals surface area (Å²) < 4.78 is 10.5. The van der Waals surface area contributed by atoms with Crippen LogP contribution in [0.3, 0.4) is 0 Å². The first-order valence-corrected chi connectivity index (χ1v) is 9.23. The van der Waals surface area contributed by atoms with Crippen molar-refractivity contribution in [1.29, 1.82) is 0 Å². The van der Waals surface area contributed by atoms with Gasteiger partial charge in [0.2, 0.25) is 0 Å². The SMILES string of the molecule is COc1cc(CCN(Oc2ccccc2)C(=O)OC(C)(C)C)c(Cl)cc1[N+](=O)[O-]. The molecule has 9 heteroatoms. The van der Waals surface area contributed by atoms with Crippen LogP contribution in [0.25, 0.3) is 0 Å². The molecular formula is C20H23ClN2O6. The number of para-hydroxylation sites is 1. The minimum absolute atomic E-state index is 0.0854. The van der Waals surface area contributed by atoms with Crippen molar-refractivity contribution in [3.05, 3.63) is 63.2 Å². The molecule has 2 rings (SSSR count). The van der Waals surface area contributed by atoms with E-state index in [9.17, 15) is 14.9 Å². The second-order valence-corrected chi connectivity index (χ2v) is 7.52. The number of halogens is 1. The lowest BCUT2D eigenvalue weighted by atomic mass is 10.1. The van der Waals surface area contributed by atoms with Crippen molar-refractivity contribution in [2.45, 2.75) is 32.8 Å². The molecule has 0 unspecified atom stereocenters. The fourth-order valence-electron chi connectivity index (χ4n) is 2.40. The van der Waals surface area contributed by atoms with Gasteiger partial charge < -0.3 is 14.3 Å². The van der Waals surface area contributed by atoms with Gasteiger partial charge in [-0.05, 0) is 51.0 Å². The largest absolute Gasteiger partial charge is 0.490 e. The average Bonchev–Trinajstić information content (AvgIpc) is 2.64. The fraction of sp³-hybridized carbons (Fsp3) is 0.350. The number of nitro groups is 1. The quantitative estimate of drug-likeness (QED) is 0.459. The molecule has 0 aromatic heterocycles. The van der Waals surface area contributed by atoms with E-state index < -0.39 is 16.6 Å². The number of methoxy groups -OCH3 is 1. The molecule has 2 aromatic rings. The van der Waals surface area contributed by atoms with Crippen LogP contribution in [0.2, 0.25) is 5.02 Å². The zero-order chi connectivity index (χ0) is 21.6. The van der Waals surface area contributed by atoms with E-state index in [-0.39, 0.29) is 29.4 Å². The fourth-order valence-corrected chi connectivity index (χ4v) is 2.65. The first-order chi connectivity index (χ1) is 13.6. The lowest BCUT2D eigenvalue weighted by Gasteiger charge is -2.27. The highest BCUT2D eigenvalue weighted by Crippen LogP contribution is 2.33. The van der Waals surface area contributed by atoms with E-state index in [1.54, 1.807) is 45.0 Å². The first kappa shape index (κ1) is 22.3. The van der Waals surface area contributed by atoms with Crippen LogP contribution in [0, 0.1) is 10.1 Å². The van der Waals surface area contributed by atoms with Crippen molar-refractivity contribution in [2.75, 3.05) is 13.7 Å². The van der Waals surface area contributed by atoms with Crippen molar-refractivity contribution < 1.29 is 24.0 Å². The minimum atomic E-state index is -0.705. The molecule has 0 aliphatic heterocycles. The van der Waals surface area contributed by atoms with Gasteiger partial charge in [-0.2, -0.15) is 0 Å². The summed E-state index contributed by atoms with van der Waals surface area (Å²) in [6, 6.07) is 11.5. The molecule has 0 bridgehead atoms. The summed E-state index contributed by atoms with van der Waals surface area (Å²) in [6.07, 6.45) is -0.398. The van der Waals surface area contributed by atoms with Crippen molar-refractivity contribution in [1.82, 2.24) is 5.06 Å². The lowest BCUT2D eigenvalue weighted by molar-refractivity contribution is -0.385. The van der Waals surface area contributed by atoms with Gasteiger partial charge in [0.25, 0.3) is 0 Å². The third kappa shape index (κ3) is 6.53. The van der Waals surface area contributed by atoms with Gasteiger partial charge in [-0.1, -0.05) is 29.8 Å². The highest BCUT2D eigenvalue weighted by atomic mass is 35.5. The number of benzene rings is 2. The number of hydrogen-bond acceptors (Lipinski definition) is 6. The number of hydrogen-bond donors (Lipinski definition) is 0. The van der Waals surface area contributed by atoms with E-state index in [0.717, 1.165) is 5.06 Å². The number of carbonyl (C=O) groups is 1. The number of hydroxylamine groups is 2. The smallest absolute Gasteiger partial charge is 0.443 e. The molecule has 0 heterocycles. The van der Waals surface area contributed by atoms with E-state index >= 15 is 0 Å². The molecule has 0 fully saturated rings. The molecule has 0 saturated heterocycles. The highest BCUT2D eigenvalue weighted by molar-refractivity contribution is 6.31. The van der Waals surface area contributed by atoms with Gasteiger partial charge in [0.15, 0.2) is 11.5 Å². The topological polar surface area (TPSA) is 91.1 Å². The molecule has 29 heavy (non-hydrogen) atoms. The van der Waals surface area contributed by atoms with Gasteiger partial charge in [0.1, 0.15) is 5.60 Å². The van der Waals surface area contributed by atoms with Crippen LogP contribution in [0.5, 0.6) is 11.5 Å². The molecular weight excluding hydrogens is 400 g/mol. The van der Waals surface area contributed by atoms with Gasteiger partial charge in [0.05, 0.1) is 23.6 Å². The maximum absolute atomic E-state index is 12.6. The number of ether oxygens (including phenoxy) is 2. The van der Waals surface area contributed by atoms with Crippen molar-refractivity contribution in [2.24, 2.45) is 0 Å². The maximum atomic E-state index is 12.6. The summed E-state index contributed by atoms with van der Waals surface area (Å²) >= 11 is 6.20. The molecule has 8 nitrogen and oxygen atoms in total. The van der Waals surface area contributed by atoms with Crippen molar-refractivity contribution in [3.8, 4) is 11.5 Å². The second kappa shape index (κ2) is 9.47. The third-order valence-electron chi connectivity index (χ3n) is 3.68. The monoisotopic (exact) mass is 422 g/mol. The van der Waals surface area contributed by atoms with Gasteiger partial charge in [-0.15, -0.1) is 5.06 Å². The number of nitrogens with zero attached hydrogens (tertiary/aromatic N) is 2. The van der Waals surface area contributed by atoms with Gasteiger partial charge >= 0.3 is 11.8 Å². The summed E-state index contributed by atoms with van der Waals surface area (Å²) in [5, 5.41) is 12.4. The Bertz CT molecular complexity index is 867. The van der Waals surface area contributed by atoms with E-state index in [1.807, 2.05) is 6.07 Å². The predicted octanol–water partition coefficient (Wildman–Crippen LogP) is 5.03.